The molecule has 130 valence electrons. The fourth-order valence-corrected chi connectivity index (χ4v) is 2.86. The largest absolute Gasteiger partial charge is 0.459 e. The van der Waals surface area contributed by atoms with E-state index < -0.39 is 6.10 Å². The minimum absolute atomic E-state index is 0.221. The van der Waals surface area contributed by atoms with Gasteiger partial charge in [0.1, 0.15) is 6.10 Å². The smallest absolute Gasteiger partial charge is 0.338 e. The molecule has 0 aliphatic rings. The van der Waals surface area contributed by atoms with Crippen LogP contribution in [0.15, 0.2) is 18.2 Å². The van der Waals surface area contributed by atoms with Crippen molar-refractivity contribution in [3.05, 3.63) is 34.9 Å². The van der Waals surface area contributed by atoms with Gasteiger partial charge in [-0.15, -0.1) is 0 Å². The van der Waals surface area contributed by atoms with Crippen molar-refractivity contribution in [3.8, 4) is 0 Å². The van der Waals surface area contributed by atoms with Gasteiger partial charge in [0.05, 0.1) is 11.7 Å². The quantitative estimate of drug-likeness (QED) is 0.636. The van der Waals surface area contributed by atoms with Crippen molar-refractivity contribution in [2.24, 2.45) is 0 Å². The number of benzene rings is 1. The highest BCUT2D eigenvalue weighted by molar-refractivity contribution is 5.91. The molecular formula is C20H32O3. The summed E-state index contributed by atoms with van der Waals surface area (Å²) >= 11 is 0. The topological polar surface area (TPSA) is 46.5 Å². The van der Waals surface area contributed by atoms with Crippen LogP contribution in [0.25, 0.3) is 0 Å². The number of rotatable bonds is 10. The number of carbonyl (C=O) groups excluding carboxylic acids is 1. The molecule has 1 aromatic rings. The third-order valence-corrected chi connectivity index (χ3v) is 4.25. The van der Waals surface area contributed by atoms with Gasteiger partial charge in [-0.25, -0.2) is 4.79 Å². The number of hydrogen-bond donors (Lipinski definition) is 1. The molecular weight excluding hydrogens is 288 g/mol. The van der Waals surface area contributed by atoms with Crippen molar-refractivity contribution < 1.29 is 14.6 Å². The molecule has 1 N–H and O–H groups in total. The molecule has 0 spiro atoms. The van der Waals surface area contributed by atoms with Crippen LogP contribution in [0.1, 0.15) is 81.3 Å². The van der Waals surface area contributed by atoms with Gasteiger partial charge in [-0.2, -0.15) is 0 Å². The van der Waals surface area contributed by atoms with Gasteiger partial charge in [-0.05, 0) is 42.9 Å². The monoisotopic (exact) mass is 320 g/mol. The number of ether oxygens (including phenoxy) is 1. The lowest BCUT2D eigenvalue weighted by Crippen LogP contribution is -2.24. The van der Waals surface area contributed by atoms with Crippen molar-refractivity contribution in [1.29, 1.82) is 0 Å². The van der Waals surface area contributed by atoms with Crippen LogP contribution in [0, 0.1) is 0 Å². The molecule has 2 unspecified atom stereocenters. The van der Waals surface area contributed by atoms with Gasteiger partial charge in [-0.1, -0.05) is 52.7 Å². The zero-order valence-corrected chi connectivity index (χ0v) is 15.1. The number of aliphatic hydroxyl groups excluding tert-OH is 1. The third-order valence-electron chi connectivity index (χ3n) is 4.25. The van der Waals surface area contributed by atoms with Crippen molar-refractivity contribution in [3.63, 3.8) is 0 Å². The number of aryl methyl sites for hydroxylation is 1. The predicted molar refractivity (Wildman–Crippen MR) is 94.8 cm³/mol. The number of carbonyl (C=O) groups is 1. The predicted octanol–water partition coefficient (Wildman–Crippen LogP) is 4.69. The average Bonchev–Trinajstić information content (AvgIpc) is 2.55. The molecule has 0 fully saturated rings. The van der Waals surface area contributed by atoms with Crippen LogP contribution in [-0.2, 0) is 17.6 Å². The van der Waals surface area contributed by atoms with Crippen molar-refractivity contribution in [2.75, 3.05) is 0 Å². The van der Waals surface area contributed by atoms with Gasteiger partial charge >= 0.3 is 5.97 Å². The lowest BCUT2D eigenvalue weighted by Gasteiger charge is -2.20. The summed E-state index contributed by atoms with van der Waals surface area (Å²) in [4.78, 5) is 12.6. The van der Waals surface area contributed by atoms with Crippen LogP contribution in [0.4, 0.5) is 0 Å². The van der Waals surface area contributed by atoms with E-state index in [9.17, 15) is 9.90 Å². The normalized spacial score (nSPS) is 13.6. The highest BCUT2D eigenvalue weighted by atomic mass is 16.5. The first-order chi connectivity index (χ1) is 11.1. The van der Waals surface area contributed by atoms with Gasteiger partial charge < -0.3 is 9.84 Å². The second-order valence-corrected chi connectivity index (χ2v) is 6.18. The molecule has 0 radical (unpaired) electrons. The molecule has 0 bridgehead atoms. The zero-order valence-electron chi connectivity index (χ0n) is 15.1. The molecule has 0 heterocycles. The molecule has 1 rings (SSSR count). The van der Waals surface area contributed by atoms with Crippen LogP contribution in [0.2, 0.25) is 0 Å². The molecule has 3 nitrogen and oxygen atoms in total. The Kier molecular flexibility index (Phi) is 8.93. The number of aliphatic hydroxyl groups is 1. The van der Waals surface area contributed by atoms with Gasteiger partial charge in [0.2, 0.25) is 0 Å². The van der Waals surface area contributed by atoms with E-state index in [0.29, 0.717) is 18.4 Å². The molecule has 0 aliphatic carbocycles. The second-order valence-electron chi connectivity index (χ2n) is 6.18. The van der Waals surface area contributed by atoms with Gasteiger partial charge in [0, 0.05) is 6.42 Å². The van der Waals surface area contributed by atoms with Crippen LogP contribution >= 0.6 is 0 Å². The molecule has 0 aromatic heterocycles. The van der Waals surface area contributed by atoms with E-state index in [4.69, 9.17) is 4.74 Å². The summed E-state index contributed by atoms with van der Waals surface area (Å²) in [5.74, 6) is -0.249. The minimum atomic E-state index is -0.408. The third kappa shape index (κ3) is 5.98. The Bertz CT molecular complexity index is 482. The van der Waals surface area contributed by atoms with Crippen molar-refractivity contribution >= 4 is 5.97 Å². The van der Waals surface area contributed by atoms with Gasteiger partial charge in [-0.3, -0.25) is 0 Å². The van der Waals surface area contributed by atoms with E-state index in [1.54, 1.807) is 0 Å². The maximum absolute atomic E-state index is 12.6. The summed E-state index contributed by atoms with van der Waals surface area (Å²) in [5, 5.41) is 9.80. The Balaban J connectivity index is 2.95. The highest BCUT2D eigenvalue weighted by Crippen LogP contribution is 2.21. The van der Waals surface area contributed by atoms with E-state index in [0.717, 1.165) is 37.7 Å². The fraction of sp³-hybridized carbons (Fsp3) is 0.650. The molecule has 0 aliphatic heterocycles. The Hall–Kier alpha value is -1.35. The van der Waals surface area contributed by atoms with Gasteiger partial charge in [0.25, 0.3) is 0 Å². The molecule has 0 saturated heterocycles. The lowest BCUT2D eigenvalue weighted by molar-refractivity contribution is 0.0131. The highest BCUT2D eigenvalue weighted by Gasteiger charge is 2.20. The van der Waals surface area contributed by atoms with Crippen LogP contribution in [0.3, 0.4) is 0 Å². The summed E-state index contributed by atoms with van der Waals surface area (Å²) in [6.07, 6.45) is 5.24. The summed E-state index contributed by atoms with van der Waals surface area (Å²) in [5.41, 5.74) is 3.08. The standard InChI is InChI=1S/C20H32O3/c1-5-10-15-12-9-13-19(18(15)11-6-2)20(22)23-17(8-4)14-16(21)7-3/h9,12-13,16-17,21H,5-8,10-11,14H2,1-4H3. The number of esters is 1. The first-order valence-corrected chi connectivity index (χ1v) is 9.06. The van der Waals surface area contributed by atoms with Crippen LogP contribution in [0.5, 0.6) is 0 Å². The fourth-order valence-electron chi connectivity index (χ4n) is 2.86. The molecule has 0 amide bonds. The van der Waals surface area contributed by atoms with E-state index in [1.165, 1.54) is 5.56 Å². The molecule has 3 heteroatoms. The Morgan fingerprint density at radius 1 is 1.09 bits per heavy atom. The van der Waals surface area contributed by atoms with E-state index in [1.807, 2.05) is 26.0 Å². The maximum Gasteiger partial charge on any atom is 0.338 e. The van der Waals surface area contributed by atoms with Gasteiger partial charge in [0.15, 0.2) is 0 Å². The van der Waals surface area contributed by atoms with E-state index in [-0.39, 0.29) is 12.1 Å². The Labute approximate surface area is 141 Å². The molecule has 0 saturated carbocycles. The first-order valence-electron chi connectivity index (χ1n) is 9.06. The second kappa shape index (κ2) is 10.4. The van der Waals surface area contributed by atoms with Crippen LogP contribution < -0.4 is 0 Å². The first kappa shape index (κ1) is 19.7. The zero-order chi connectivity index (χ0) is 17.2. The van der Waals surface area contributed by atoms with Crippen molar-refractivity contribution in [2.45, 2.75) is 84.8 Å². The minimum Gasteiger partial charge on any atom is -0.459 e. The molecule has 1 aromatic carbocycles. The van der Waals surface area contributed by atoms with Crippen molar-refractivity contribution in [1.82, 2.24) is 0 Å². The van der Waals surface area contributed by atoms with E-state index >= 15 is 0 Å². The number of hydrogen-bond acceptors (Lipinski definition) is 3. The molecule has 23 heavy (non-hydrogen) atoms. The maximum atomic E-state index is 12.6. The summed E-state index contributed by atoms with van der Waals surface area (Å²) in [6, 6.07) is 5.93. The SMILES string of the molecule is CCCc1cccc(C(=O)OC(CC)CC(O)CC)c1CCC. The van der Waals surface area contributed by atoms with E-state index in [2.05, 4.69) is 19.9 Å². The summed E-state index contributed by atoms with van der Waals surface area (Å²) < 4.78 is 5.68. The average molecular weight is 320 g/mol. The summed E-state index contributed by atoms with van der Waals surface area (Å²) in [6.45, 7) is 8.21. The Morgan fingerprint density at radius 2 is 1.78 bits per heavy atom. The Morgan fingerprint density at radius 3 is 2.35 bits per heavy atom. The summed E-state index contributed by atoms with van der Waals surface area (Å²) in [7, 11) is 0. The lowest BCUT2D eigenvalue weighted by atomic mass is 9.94. The molecule has 2 atom stereocenters. The van der Waals surface area contributed by atoms with Crippen LogP contribution in [-0.4, -0.2) is 23.3 Å².